The summed E-state index contributed by atoms with van der Waals surface area (Å²) in [5.74, 6) is -2.13. The van der Waals surface area contributed by atoms with Gasteiger partial charge in [0.2, 0.25) is 5.15 Å². The quantitative estimate of drug-likeness (QED) is 0.497. The lowest BCUT2D eigenvalue weighted by Gasteiger charge is -2.27. The van der Waals surface area contributed by atoms with Gasteiger partial charge in [0.05, 0.1) is 4.92 Å². The minimum Gasteiger partial charge on any atom is -0.480 e. The number of hydrogen-bond donors (Lipinski definition) is 2. The van der Waals surface area contributed by atoms with E-state index < -0.39 is 39.1 Å². The molecule has 0 aliphatic rings. The van der Waals surface area contributed by atoms with E-state index in [1.807, 2.05) is 0 Å². The summed E-state index contributed by atoms with van der Waals surface area (Å²) >= 11 is 5.61. The van der Waals surface area contributed by atoms with Crippen LogP contribution >= 0.6 is 11.6 Å². The molecule has 1 heterocycles. The van der Waals surface area contributed by atoms with Crippen LogP contribution in [0.1, 0.15) is 31.1 Å². The zero-order chi connectivity index (χ0) is 16.4. The molecule has 0 aliphatic heterocycles. The van der Waals surface area contributed by atoms with E-state index in [1.54, 1.807) is 20.8 Å². The highest BCUT2D eigenvalue weighted by Crippen LogP contribution is 2.27. The van der Waals surface area contributed by atoms with Gasteiger partial charge in [-0.1, -0.05) is 32.4 Å². The predicted molar refractivity (Wildman–Crippen MR) is 74.2 cm³/mol. The van der Waals surface area contributed by atoms with Crippen molar-refractivity contribution in [2.24, 2.45) is 5.41 Å². The van der Waals surface area contributed by atoms with Crippen LogP contribution in [-0.2, 0) is 4.79 Å². The normalized spacial score (nSPS) is 12.6. The maximum atomic E-state index is 12.1. The highest BCUT2D eigenvalue weighted by atomic mass is 35.5. The fourth-order valence-corrected chi connectivity index (χ4v) is 1.87. The lowest BCUT2D eigenvalue weighted by atomic mass is 9.86. The van der Waals surface area contributed by atoms with Crippen LogP contribution in [0.4, 0.5) is 5.69 Å². The fraction of sp³-hybridized carbons (Fsp3) is 0.417. The van der Waals surface area contributed by atoms with Gasteiger partial charge in [-0.15, -0.1) is 0 Å². The van der Waals surface area contributed by atoms with Gasteiger partial charge >= 0.3 is 11.7 Å². The zero-order valence-corrected chi connectivity index (χ0v) is 12.3. The van der Waals surface area contributed by atoms with E-state index in [9.17, 15) is 19.7 Å². The highest BCUT2D eigenvalue weighted by Gasteiger charge is 2.34. The van der Waals surface area contributed by atoms with Gasteiger partial charge < -0.3 is 10.4 Å². The Labute approximate surface area is 125 Å². The summed E-state index contributed by atoms with van der Waals surface area (Å²) in [5.41, 5.74) is -1.77. The van der Waals surface area contributed by atoms with E-state index in [0.717, 1.165) is 12.3 Å². The minimum absolute atomic E-state index is 0.337. The van der Waals surface area contributed by atoms with Crippen LogP contribution in [0.5, 0.6) is 0 Å². The summed E-state index contributed by atoms with van der Waals surface area (Å²) in [6.45, 7) is 4.88. The van der Waals surface area contributed by atoms with Crippen LogP contribution in [0.15, 0.2) is 12.3 Å². The molecule has 1 rings (SSSR count). The first kappa shape index (κ1) is 16.8. The number of hydrogen-bond acceptors (Lipinski definition) is 5. The van der Waals surface area contributed by atoms with E-state index in [-0.39, 0.29) is 5.56 Å². The van der Waals surface area contributed by atoms with Crippen molar-refractivity contribution in [3.8, 4) is 0 Å². The van der Waals surface area contributed by atoms with Crippen LogP contribution < -0.4 is 5.32 Å². The number of carboxylic acid groups (broad SMARTS) is 1. The lowest BCUT2D eigenvalue weighted by molar-refractivity contribution is -0.385. The first-order valence-electron chi connectivity index (χ1n) is 5.88. The molecule has 114 valence electrons. The zero-order valence-electron chi connectivity index (χ0n) is 11.6. The molecule has 0 bridgehead atoms. The number of nitro groups is 1. The van der Waals surface area contributed by atoms with Crippen molar-refractivity contribution in [2.75, 3.05) is 0 Å². The van der Waals surface area contributed by atoms with Crippen molar-refractivity contribution < 1.29 is 19.6 Å². The molecule has 8 nitrogen and oxygen atoms in total. The van der Waals surface area contributed by atoms with Crippen molar-refractivity contribution in [2.45, 2.75) is 26.8 Å². The predicted octanol–water partition coefficient (Wildman–Crippen LogP) is 1.87. The molecule has 0 radical (unpaired) electrons. The van der Waals surface area contributed by atoms with E-state index >= 15 is 0 Å². The Morgan fingerprint density at radius 3 is 2.48 bits per heavy atom. The molecule has 2 N–H and O–H groups in total. The molecule has 0 spiro atoms. The van der Waals surface area contributed by atoms with Crippen LogP contribution in [0.25, 0.3) is 0 Å². The number of carboxylic acids is 1. The van der Waals surface area contributed by atoms with Gasteiger partial charge in [-0.2, -0.15) is 0 Å². The molecule has 0 aliphatic carbocycles. The number of nitrogens with zero attached hydrogens (tertiary/aromatic N) is 2. The van der Waals surface area contributed by atoms with Crippen LogP contribution in [0.2, 0.25) is 5.15 Å². The van der Waals surface area contributed by atoms with Gasteiger partial charge in [0.1, 0.15) is 11.6 Å². The number of carbonyl (C=O) groups excluding carboxylic acids is 1. The Hall–Kier alpha value is -2.22. The van der Waals surface area contributed by atoms with E-state index in [2.05, 4.69) is 10.3 Å². The Balaban J connectivity index is 3.19. The number of carbonyl (C=O) groups is 2. The van der Waals surface area contributed by atoms with Gasteiger partial charge in [0, 0.05) is 6.20 Å². The molecule has 9 heteroatoms. The second-order valence-corrected chi connectivity index (χ2v) is 5.72. The number of nitrogens with one attached hydrogen (secondary N) is 1. The monoisotopic (exact) mass is 315 g/mol. The van der Waals surface area contributed by atoms with Crippen molar-refractivity contribution in [3.63, 3.8) is 0 Å². The van der Waals surface area contributed by atoms with Gasteiger partial charge in [-0.3, -0.25) is 14.9 Å². The fourth-order valence-electron chi connectivity index (χ4n) is 1.64. The molecule has 1 amide bonds. The number of aromatic nitrogens is 1. The van der Waals surface area contributed by atoms with Gasteiger partial charge in [0.25, 0.3) is 5.91 Å². The van der Waals surface area contributed by atoms with E-state index in [1.165, 1.54) is 0 Å². The third-order valence-corrected chi connectivity index (χ3v) is 2.97. The molecule has 0 aromatic carbocycles. The SMILES string of the molecule is CC(C)(C)[C@H](NC(=O)c1ccnc(Cl)c1[N+](=O)[O-])C(=O)O. The molecule has 0 fully saturated rings. The van der Waals surface area contributed by atoms with Gasteiger partial charge in [-0.25, -0.2) is 9.78 Å². The van der Waals surface area contributed by atoms with Gasteiger partial charge in [-0.05, 0) is 11.5 Å². The standard InChI is InChI=1S/C12H14ClN3O5/c1-12(2,3)8(11(18)19)15-10(17)6-4-5-14-9(13)7(6)16(20)21/h4-5,8H,1-3H3,(H,15,17)(H,18,19)/t8-/m1/s1. The topological polar surface area (TPSA) is 122 Å². The molecule has 0 saturated heterocycles. The lowest BCUT2D eigenvalue weighted by Crippen LogP contribution is -2.49. The summed E-state index contributed by atoms with van der Waals surface area (Å²) in [7, 11) is 0. The summed E-state index contributed by atoms with van der Waals surface area (Å²) in [6.07, 6.45) is 1.14. The summed E-state index contributed by atoms with van der Waals surface area (Å²) in [6, 6.07) is -0.0995. The third kappa shape index (κ3) is 3.88. The van der Waals surface area contributed by atoms with Crippen molar-refractivity contribution >= 4 is 29.2 Å². The number of amides is 1. The minimum atomic E-state index is -1.24. The summed E-state index contributed by atoms with van der Waals surface area (Å²) in [4.78, 5) is 37.0. The van der Waals surface area contributed by atoms with Gasteiger partial charge in [0.15, 0.2) is 0 Å². The van der Waals surface area contributed by atoms with Crippen molar-refractivity contribution in [1.29, 1.82) is 0 Å². The molecular weight excluding hydrogens is 302 g/mol. The van der Waals surface area contributed by atoms with Crippen molar-refractivity contribution in [1.82, 2.24) is 10.3 Å². The largest absolute Gasteiger partial charge is 0.480 e. The molecular formula is C12H14ClN3O5. The van der Waals surface area contributed by atoms with E-state index in [4.69, 9.17) is 16.7 Å². The van der Waals surface area contributed by atoms with Crippen LogP contribution in [0, 0.1) is 15.5 Å². The van der Waals surface area contributed by atoms with Crippen LogP contribution in [0.3, 0.4) is 0 Å². The Bertz CT molecular complexity index is 597. The summed E-state index contributed by atoms with van der Waals surface area (Å²) in [5, 5.41) is 21.9. The Morgan fingerprint density at radius 1 is 1.48 bits per heavy atom. The molecule has 1 aromatic heterocycles. The second-order valence-electron chi connectivity index (χ2n) is 5.37. The highest BCUT2D eigenvalue weighted by molar-refractivity contribution is 6.32. The molecule has 21 heavy (non-hydrogen) atoms. The first-order chi connectivity index (χ1) is 9.55. The number of aliphatic carboxylic acids is 1. The average Bonchev–Trinajstić information content (AvgIpc) is 2.32. The molecule has 0 saturated carbocycles. The maximum Gasteiger partial charge on any atom is 0.326 e. The van der Waals surface area contributed by atoms with E-state index in [0.29, 0.717) is 0 Å². The third-order valence-electron chi connectivity index (χ3n) is 2.70. The maximum absolute atomic E-state index is 12.1. The average molecular weight is 316 g/mol. The molecule has 0 unspecified atom stereocenters. The Kier molecular flexibility index (Phi) is 4.84. The second kappa shape index (κ2) is 6.04. The molecule has 1 aromatic rings. The van der Waals surface area contributed by atoms with Crippen LogP contribution in [-0.4, -0.2) is 32.9 Å². The number of pyridine rings is 1. The van der Waals surface area contributed by atoms with Crippen molar-refractivity contribution in [3.05, 3.63) is 33.1 Å². The summed E-state index contributed by atoms with van der Waals surface area (Å²) < 4.78 is 0. The number of halogens is 1. The molecule has 1 atom stereocenters. The first-order valence-corrected chi connectivity index (χ1v) is 6.26. The number of rotatable bonds is 4. The Morgan fingerprint density at radius 2 is 2.05 bits per heavy atom. The smallest absolute Gasteiger partial charge is 0.326 e.